The van der Waals surface area contributed by atoms with Crippen LogP contribution in [0.3, 0.4) is 0 Å². The lowest BCUT2D eigenvalue weighted by atomic mass is 10.1. The number of benzene rings is 2. The summed E-state index contributed by atoms with van der Waals surface area (Å²) in [5, 5.41) is 2.94. The molecule has 6 nitrogen and oxygen atoms in total. The van der Waals surface area contributed by atoms with Crippen molar-refractivity contribution in [3.8, 4) is 17.2 Å². The maximum atomic E-state index is 12.3. The van der Waals surface area contributed by atoms with Gasteiger partial charge in [0.1, 0.15) is 11.9 Å². The molecular weight excluding hydrogens is 368 g/mol. The van der Waals surface area contributed by atoms with Crippen LogP contribution in [0.4, 0.5) is 5.69 Å². The SMILES string of the molecule is COc1ccc(CCC(=O)Nc2ccc(OC3CCN(C)CC3)cc2)cc1OC. The Morgan fingerprint density at radius 3 is 2.38 bits per heavy atom. The average molecular weight is 399 g/mol. The van der Waals surface area contributed by atoms with Crippen molar-refractivity contribution in [3.05, 3.63) is 48.0 Å². The molecule has 0 aliphatic carbocycles. The van der Waals surface area contributed by atoms with Gasteiger partial charge in [-0.3, -0.25) is 4.79 Å². The highest BCUT2D eigenvalue weighted by Crippen LogP contribution is 2.28. The molecule has 156 valence electrons. The Labute approximate surface area is 172 Å². The molecule has 0 saturated carbocycles. The second-order valence-corrected chi connectivity index (χ2v) is 7.38. The minimum Gasteiger partial charge on any atom is -0.493 e. The van der Waals surface area contributed by atoms with Crippen molar-refractivity contribution in [2.75, 3.05) is 39.7 Å². The van der Waals surface area contributed by atoms with Gasteiger partial charge < -0.3 is 24.4 Å². The Hall–Kier alpha value is -2.73. The van der Waals surface area contributed by atoms with Crippen molar-refractivity contribution in [3.63, 3.8) is 0 Å². The summed E-state index contributed by atoms with van der Waals surface area (Å²) in [4.78, 5) is 14.6. The number of carbonyl (C=O) groups excluding carboxylic acids is 1. The Kier molecular flexibility index (Phi) is 7.36. The summed E-state index contributed by atoms with van der Waals surface area (Å²) < 4.78 is 16.6. The fourth-order valence-corrected chi connectivity index (χ4v) is 3.43. The fraction of sp³-hybridized carbons (Fsp3) is 0.435. The molecule has 2 aromatic carbocycles. The van der Waals surface area contributed by atoms with Gasteiger partial charge in [0.05, 0.1) is 14.2 Å². The zero-order valence-corrected chi connectivity index (χ0v) is 17.4. The number of methoxy groups -OCH3 is 2. The number of nitrogens with one attached hydrogen (secondary N) is 1. The summed E-state index contributed by atoms with van der Waals surface area (Å²) in [6.45, 7) is 2.14. The molecule has 0 unspecified atom stereocenters. The van der Waals surface area contributed by atoms with Gasteiger partial charge >= 0.3 is 0 Å². The van der Waals surface area contributed by atoms with Crippen LogP contribution in [-0.4, -0.2) is 51.3 Å². The second kappa shape index (κ2) is 10.2. The summed E-state index contributed by atoms with van der Waals surface area (Å²) in [7, 11) is 5.35. The standard InChI is InChI=1S/C23H30N2O4/c1-25-14-12-20(13-15-25)29-19-8-6-18(7-9-19)24-23(26)11-5-17-4-10-21(27-2)22(16-17)28-3/h4,6-10,16,20H,5,11-15H2,1-3H3,(H,24,26). The molecule has 1 aliphatic rings. The number of nitrogens with zero attached hydrogens (tertiary/aromatic N) is 1. The normalized spacial score (nSPS) is 15.0. The van der Waals surface area contributed by atoms with E-state index in [-0.39, 0.29) is 12.0 Å². The smallest absolute Gasteiger partial charge is 0.224 e. The highest BCUT2D eigenvalue weighted by atomic mass is 16.5. The number of aryl methyl sites for hydroxylation is 1. The van der Waals surface area contributed by atoms with Crippen molar-refractivity contribution in [2.45, 2.75) is 31.8 Å². The zero-order valence-electron chi connectivity index (χ0n) is 17.4. The minimum absolute atomic E-state index is 0.0243. The number of carbonyl (C=O) groups is 1. The third kappa shape index (κ3) is 6.12. The molecule has 0 spiro atoms. The number of likely N-dealkylation sites (tertiary alicyclic amines) is 1. The van der Waals surface area contributed by atoms with E-state index >= 15 is 0 Å². The molecule has 0 radical (unpaired) electrons. The van der Waals surface area contributed by atoms with Crippen LogP contribution in [0.15, 0.2) is 42.5 Å². The van der Waals surface area contributed by atoms with E-state index in [4.69, 9.17) is 14.2 Å². The monoisotopic (exact) mass is 398 g/mol. The highest BCUT2D eigenvalue weighted by molar-refractivity contribution is 5.90. The van der Waals surface area contributed by atoms with Gasteiger partial charge in [0.15, 0.2) is 11.5 Å². The van der Waals surface area contributed by atoms with Crippen LogP contribution >= 0.6 is 0 Å². The van der Waals surface area contributed by atoms with E-state index in [0.717, 1.165) is 42.9 Å². The molecule has 1 heterocycles. The fourth-order valence-electron chi connectivity index (χ4n) is 3.43. The first-order valence-corrected chi connectivity index (χ1v) is 10.0. The molecule has 1 saturated heterocycles. The van der Waals surface area contributed by atoms with Crippen LogP contribution < -0.4 is 19.5 Å². The molecule has 1 fully saturated rings. The minimum atomic E-state index is -0.0243. The van der Waals surface area contributed by atoms with E-state index in [1.807, 2.05) is 42.5 Å². The van der Waals surface area contributed by atoms with Gasteiger partial charge in [-0.15, -0.1) is 0 Å². The van der Waals surface area contributed by atoms with Crippen LogP contribution in [0.1, 0.15) is 24.8 Å². The molecule has 29 heavy (non-hydrogen) atoms. The van der Waals surface area contributed by atoms with Gasteiger partial charge in [0, 0.05) is 25.2 Å². The van der Waals surface area contributed by atoms with Crippen molar-refractivity contribution in [1.82, 2.24) is 4.90 Å². The van der Waals surface area contributed by atoms with Crippen LogP contribution in [0, 0.1) is 0 Å². The van der Waals surface area contributed by atoms with Gasteiger partial charge in [0.25, 0.3) is 0 Å². The Morgan fingerprint density at radius 1 is 1.03 bits per heavy atom. The van der Waals surface area contributed by atoms with Gasteiger partial charge in [0.2, 0.25) is 5.91 Å². The average Bonchev–Trinajstić information content (AvgIpc) is 2.75. The van der Waals surface area contributed by atoms with Crippen molar-refractivity contribution < 1.29 is 19.0 Å². The van der Waals surface area contributed by atoms with E-state index in [1.165, 1.54) is 0 Å². The van der Waals surface area contributed by atoms with Gasteiger partial charge in [-0.05, 0) is 68.3 Å². The van der Waals surface area contributed by atoms with E-state index in [2.05, 4.69) is 17.3 Å². The van der Waals surface area contributed by atoms with Crippen molar-refractivity contribution in [2.24, 2.45) is 0 Å². The Morgan fingerprint density at radius 2 is 1.72 bits per heavy atom. The predicted molar refractivity (Wildman–Crippen MR) is 114 cm³/mol. The molecule has 0 atom stereocenters. The summed E-state index contributed by atoms with van der Waals surface area (Å²) in [6, 6.07) is 13.3. The molecule has 2 aromatic rings. The largest absolute Gasteiger partial charge is 0.493 e. The summed E-state index contributed by atoms with van der Waals surface area (Å²) in [5.74, 6) is 2.18. The lowest BCUT2D eigenvalue weighted by molar-refractivity contribution is -0.116. The van der Waals surface area contributed by atoms with Crippen LogP contribution in [0.5, 0.6) is 17.2 Å². The third-order valence-corrected chi connectivity index (χ3v) is 5.20. The van der Waals surface area contributed by atoms with E-state index < -0.39 is 0 Å². The number of rotatable bonds is 8. The van der Waals surface area contributed by atoms with E-state index in [1.54, 1.807) is 14.2 Å². The first-order valence-electron chi connectivity index (χ1n) is 10.0. The maximum Gasteiger partial charge on any atom is 0.224 e. The summed E-state index contributed by atoms with van der Waals surface area (Å²) >= 11 is 0. The van der Waals surface area contributed by atoms with Crippen LogP contribution in [0.2, 0.25) is 0 Å². The van der Waals surface area contributed by atoms with Crippen molar-refractivity contribution in [1.29, 1.82) is 0 Å². The number of piperidine rings is 1. The van der Waals surface area contributed by atoms with E-state index in [9.17, 15) is 4.79 Å². The first-order chi connectivity index (χ1) is 14.1. The molecule has 1 aliphatic heterocycles. The second-order valence-electron chi connectivity index (χ2n) is 7.38. The first kappa shape index (κ1) is 21.0. The lowest BCUT2D eigenvalue weighted by Crippen LogP contribution is -2.35. The predicted octanol–water partition coefficient (Wildman–Crippen LogP) is 3.75. The van der Waals surface area contributed by atoms with E-state index in [0.29, 0.717) is 24.3 Å². The molecule has 0 aromatic heterocycles. The van der Waals surface area contributed by atoms with Crippen LogP contribution in [0.25, 0.3) is 0 Å². The molecule has 1 N–H and O–H groups in total. The zero-order chi connectivity index (χ0) is 20.6. The molecule has 6 heteroatoms. The third-order valence-electron chi connectivity index (χ3n) is 5.20. The van der Waals surface area contributed by atoms with Gasteiger partial charge in [-0.25, -0.2) is 0 Å². The number of amides is 1. The molecule has 1 amide bonds. The van der Waals surface area contributed by atoms with Gasteiger partial charge in [-0.1, -0.05) is 6.07 Å². The number of hydrogen-bond donors (Lipinski definition) is 1. The maximum absolute atomic E-state index is 12.3. The Bertz CT molecular complexity index is 799. The number of anilines is 1. The lowest BCUT2D eigenvalue weighted by Gasteiger charge is -2.29. The summed E-state index contributed by atoms with van der Waals surface area (Å²) in [6.07, 6.45) is 3.39. The number of hydrogen-bond acceptors (Lipinski definition) is 5. The highest BCUT2D eigenvalue weighted by Gasteiger charge is 2.18. The Balaban J connectivity index is 1.47. The molecule has 3 rings (SSSR count). The van der Waals surface area contributed by atoms with Crippen LogP contribution in [-0.2, 0) is 11.2 Å². The quantitative estimate of drug-likeness (QED) is 0.734. The topological polar surface area (TPSA) is 60.0 Å². The summed E-state index contributed by atoms with van der Waals surface area (Å²) in [5.41, 5.74) is 1.80. The molecular formula is C23H30N2O4. The van der Waals surface area contributed by atoms with Crippen molar-refractivity contribution >= 4 is 11.6 Å². The number of ether oxygens (including phenoxy) is 3. The molecule has 0 bridgehead atoms. The van der Waals surface area contributed by atoms with Gasteiger partial charge in [-0.2, -0.15) is 0 Å².